The SMILES string of the molecule is Cc1cc2ccccc2n1CC(=O)OCc1nc(N)c2ccccc2n1. The second-order valence-electron chi connectivity index (χ2n) is 6.13. The Bertz CT molecular complexity index is 1120. The highest BCUT2D eigenvalue weighted by atomic mass is 16.5. The lowest BCUT2D eigenvalue weighted by Gasteiger charge is -2.09. The predicted octanol–water partition coefficient (Wildman–Crippen LogP) is 3.22. The summed E-state index contributed by atoms with van der Waals surface area (Å²) >= 11 is 0. The van der Waals surface area contributed by atoms with E-state index in [1.807, 2.05) is 60.0 Å². The van der Waals surface area contributed by atoms with Crippen LogP contribution < -0.4 is 5.73 Å². The number of esters is 1. The highest BCUT2D eigenvalue weighted by Gasteiger charge is 2.12. The fraction of sp³-hybridized carbons (Fsp3) is 0.150. The van der Waals surface area contributed by atoms with Gasteiger partial charge in [0.25, 0.3) is 0 Å². The van der Waals surface area contributed by atoms with E-state index in [4.69, 9.17) is 10.5 Å². The van der Waals surface area contributed by atoms with Crippen molar-refractivity contribution >= 4 is 33.6 Å². The van der Waals surface area contributed by atoms with Crippen molar-refractivity contribution in [3.05, 3.63) is 66.1 Å². The van der Waals surface area contributed by atoms with Crippen LogP contribution in [-0.2, 0) is 22.7 Å². The number of anilines is 1. The highest BCUT2D eigenvalue weighted by Crippen LogP contribution is 2.20. The highest BCUT2D eigenvalue weighted by molar-refractivity contribution is 5.87. The smallest absolute Gasteiger partial charge is 0.326 e. The largest absolute Gasteiger partial charge is 0.456 e. The minimum Gasteiger partial charge on any atom is -0.456 e. The van der Waals surface area contributed by atoms with Gasteiger partial charge in [0.15, 0.2) is 12.4 Å². The summed E-state index contributed by atoms with van der Waals surface area (Å²) in [6.45, 7) is 2.11. The average Bonchev–Trinajstić information content (AvgIpc) is 2.96. The first-order valence-corrected chi connectivity index (χ1v) is 8.33. The quantitative estimate of drug-likeness (QED) is 0.574. The number of nitrogen functional groups attached to an aromatic ring is 1. The Morgan fingerprint density at radius 3 is 2.77 bits per heavy atom. The molecule has 0 aliphatic carbocycles. The van der Waals surface area contributed by atoms with Crippen molar-refractivity contribution in [1.29, 1.82) is 0 Å². The minimum atomic E-state index is -0.343. The molecule has 0 bridgehead atoms. The Morgan fingerprint density at radius 2 is 1.88 bits per heavy atom. The number of para-hydroxylation sites is 2. The first kappa shape index (κ1) is 16.1. The molecule has 2 N–H and O–H groups in total. The van der Waals surface area contributed by atoms with Gasteiger partial charge in [-0.3, -0.25) is 4.79 Å². The summed E-state index contributed by atoms with van der Waals surface area (Å²) in [6, 6.07) is 17.5. The second kappa shape index (κ2) is 6.48. The monoisotopic (exact) mass is 346 g/mol. The Hall–Kier alpha value is -3.41. The molecule has 0 saturated heterocycles. The van der Waals surface area contributed by atoms with E-state index in [9.17, 15) is 4.79 Å². The van der Waals surface area contributed by atoms with Crippen molar-refractivity contribution < 1.29 is 9.53 Å². The molecule has 4 aromatic rings. The topological polar surface area (TPSA) is 83.0 Å². The molecule has 2 heterocycles. The number of benzene rings is 2. The van der Waals surface area contributed by atoms with Gasteiger partial charge in [-0.2, -0.15) is 0 Å². The molecule has 26 heavy (non-hydrogen) atoms. The van der Waals surface area contributed by atoms with E-state index in [2.05, 4.69) is 16.0 Å². The minimum absolute atomic E-state index is 0.00782. The van der Waals surface area contributed by atoms with Crippen LogP contribution in [0, 0.1) is 6.92 Å². The molecule has 2 aromatic carbocycles. The normalized spacial score (nSPS) is 11.1. The van der Waals surface area contributed by atoms with E-state index in [1.54, 1.807) is 0 Å². The molecule has 0 amide bonds. The number of hydrogen-bond acceptors (Lipinski definition) is 5. The zero-order valence-corrected chi connectivity index (χ0v) is 14.3. The second-order valence-corrected chi connectivity index (χ2v) is 6.13. The van der Waals surface area contributed by atoms with Crippen LogP contribution in [0.2, 0.25) is 0 Å². The van der Waals surface area contributed by atoms with E-state index in [1.165, 1.54) is 0 Å². The maximum absolute atomic E-state index is 12.3. The van der Waals surface area contributed by atoms with Crippen LogP contribution in [0.3, 0.4) is 0 Å². The fourth-order valence-corrected chi connectivity index (χ4v) is 3.09. The van der Waals surface area contributed by atoms with Gasteiger partial charge in [-0.1, -0.05) is 30.3 Å². The van der Waals surface area contributed by atoms with E-state index < -0.39 is 0 Å². The Morgan fingerprint density at radius 1 is 1.12 bits per heavy atom. The molecule has 0 aliphatic rings. The van der Waals surface area contributed by atoms with Crippen LogP contribution in [0.1, 0.15) is 11.5 Å². The summed E-state index contributed by atoms with van der Waals surface area (Å²) in [5.74, 6) is 0.433. The molecular weight excluding hydrogens is 328 g/mol. The number of rotatable bonds is 4. The molecule has 0 radical (unpaired) electrons. The van der Waals surface area contributed by atoms with Crippen LogP contribution in [0.4, 0.5) is 5.82 Å². The molecule has 0 saturated carbocycles. The first-order chi connectivity index (χ1) is 12.6. The molecule has 130 valence electrons. The summed E-state index contributed by atoms with van der Waals surface area (Å²) in [4.78, 5) is 20.9. The van der Waals surface area contributed by atoms with Gasteiger partial charge in [0.05, 0.1) is 5.52 Å². The van der Waals surface area contributed by atoms with Gasteiger partial charge in [0.2, 0.25) is 0 Å². The lowest BCUT2D eigenvalue weighted by atomic mass is 10.2. The van der Waals surface area contributed by atoms with Crippen molar-refractivity contribution in [2.24, 2.45) is 0 Å². The Balaban J connectivity index is 1.50. The number of aryl methyl sites for hydroxylation is 1. The zero-order chi connectivity index (χ0) is 18.1. The molecule has 0 spiro atoms. The summed E-state index contributed by atoms with van der Waals surface area (Å²) in [7, 11) is 0. The van der Waals surface area contributed by atoms with Crippen LogP contribution in [-0.4, -0.2) is 20.5 Å². The molecule has 0 fully saturated rings. The van der Waals surface area contributed by atoms with Crippen molar-refractivity contribution in [3.63, 3.8) is 0 Å². The molecular formula is C20H18N4O2. The third-order valence-electron chi connectivity index (χ3n) is 4.35. The van der Waals surface area contributed by atoms with Crippen molar-refractivity contribution in [1.82, 2.24) is 14.5 Å². The molecule has 0 atom stereocenters. The summed E-state index contributed by atoms with van der Waals surface area (Å²) < 4.78 is 7.31. The van der Waals surface area contributed by atoms with Crippen LogP contribution in [0.15, 0.2) is 54.6 Å². The summed E-state index contributed by atoms with van der Waals surface area (Å²) in [5.41, 5.74) is 8.71. The number of aromatic nitrogens is 3. The lowest BCUT2D eigenvalue weighted by molar-refractivity contribution is -0.145. The number of carbonyl (C=O) groups is 1. The number of nitrogens with two attached hydrogens (primary N) is 1. The van der Waals surface area contributed by atoms with Crippen LogP contribution in [0.25, 0.3) is 21.8 Å². The number of carbonyl (C=O) groups excluding carboxylic acids is 1. The van der Waals surface area contributed by atoms with E-state index in [-0.39, 0.29) is 19.1 Å². The molecule has 0 aliphatic heterocycles. The van der Waals surface area contributed by atoms with Gasteiger partial charge in [-0.15, -0.1) is 0 Å². The van der Waals surface area contributed by atoms with E-state index in [0.717, 1.165) is 27.5 Å². The van der Waals surface area contributed by atoms with Crippen molar-refractivity contribution in [3.8, 4) is 0 Å². The standard InChI is InChI=1S/C20H18N4O2/c1-13-10-14-6-2-5-9-17(14)24(13)11-19(25)26-12-18-22-16-8-4-3-7-15(16)20(21)23-18/h2-10H,11-12H2,1H3,(H2,21,22,23). The maximum atomic E-state index is 12.3. The van der Waals surface area contributed by atoms with E-state index in [0.29, 0.717) is 11.6 Å². The van der Waals surface area contributed by atoms with Gasteiger partial charge in [-0.05, 0) is 36.6 Å². The molecule has 2 aromatic heterocycles. The fourth-order valence-electron chi connectivity index (χ4n) is 3.09. The van der Waals surface area contributed by atoms with Gasteiger partial charge >= 0.3 is 5.97 Å². The number of fused-ring (bicyclic) bond motifs is 2. The van der Waals surface area contributed by atoms with E-state index >= 15 is 0 Å². The average molecular weight is 346 g/mol. The third kappa shape index (κ3) is 2.97. The van der Waals surface area contributed by atoms with Crippen molar-refractivity contribution in [2.75, 3.05) is 5.73 Å². The lowest BCUT2D eigenvalue weighted by Crippen LogP contribution is -2.15. The van der Waals surface area contributed by atoms with Gasteiger partial charge in [0, 0.05) is 16.6 Å². The van der Waals surface area contributed by atoms with Gasteiger partial charge in [0.1, 0.15) is 12.4 Å². The number of nitrogens with zero attached hydrogens (tertiary/aromatic N) is 3. The predicted molar refractivity (Wildman–Crippen MR) is 100 cm³/mol. The van der Waals surface area contributed by atoms with Gasteiger partial charge in [-0.25, -0.2) is 9.97 Å². The number of hydrogen-bond donors (Lipinski definition) is 1. The van der Waals surface area contributed by atoms with Crippen LogP contribution >= 0.6 is 0 Å². The summed E-state index contributed by atoms with van der Waals surface area (Å²) in [5, 5.41) is 1.89. The molecule has 6 heteroatoms. The van der Waals surface area contributed by atoms with Gasteiger partial charge < -0.3 is 15.0 Å². The zero-order valence-electron chi connectivity index (χ0n) is 14.3. The maximum Gasteiger partial charge on any atom is 0.326 e. The first-order valence-electron chi connectivity index (χ1n) is 8.33. The molecule has 4 rings (SSSR count). The van der Waals surface area contributed by atoms with Crippen molar-refractivity contribution in [2.45, 2.75) is 20.1 Å². The summed E-state index contributed by atoms with van der Waals surface area (Å²) in [6.07, 6.45) is 0. The third-order valence-corrected chi connectivity index (χ3v) is 4.35. The molecule has 6 nitrogen and oxygen atoms in total. The Labute approximate surface area is 150 Å². The number of ether oxygens (including phenoxy) is 1. The van der Waals surface area contributed by atoms with Crippen LogP contribution in [0.5, 0.6) is 0 Å². The Kier molecular flexibility index (Phi) is 4.01. The molecule has 0 unspecified atom stereocenters.